The van der Waals surface area contributed by atoms with Crippen LogP contribution in [-0.2, 0) is 0 Å². The third-order valence-corrected chi connectivity index (χ3v) is 4.36. The summed E-state index contributed by atoms with van der Waals surface area (Å²) in [5.41, 5.74) is -3.35. The molecule has 1 aliphatic rings. The Morgan fingerprint density at radius 3 is 1.97 bits per heavy atom. The minimum atomic E-state index is -5.73. The Kier molecular flexibility index (Phi) is 4.76. The van der Waals surface area contributed by atoms with Crippen molar-refractivity contribution in [3.05, 3.63) is 58.7 Å². The second kappa shape index (κ2) is 6.75. The van der Waals surface area contributed by atoms with Crippen molar-refractivity contribution in [2.75, 3.05) is 4.90 Å². The third-order valence-electron chi connectivity index (χ3n) is 4.36. The highest BCUT2D eigenvalue weighted by Gasteiger charge is 2.57. The summed E-state index contributed by atoms with van der Waals surface area (Å²) >= 11 is 0. The molecular formula is C18H9F6NO5. The van der Waals surface area contributed by atoms with Crippen LogP contribution in [0.3, 0.4) is 0 Å². The van der Waals surface area contributed by atoms with E-state index in [-0.39, 0.29) is 22.1 Å². The van der Waals surface area contributed by atoms with E-state index in [2.05, 4.69) is 0 Å². The van der Waals surface area contributed by atoms with Gasteiger partial charge in [0.1, 0.15) is 5.75 Å². The van der Waals surface area contributed by atoms with Gasteiger partial charge in [-0.1, -0.05) is 6.07 Å². The summed E-state index contributed by atoms with van der Waals surface area (Å²) in [5.74, 6) is -8.62. The maximum atomic E-state index is 13.0. The average Bonchev–Trinajstić information content (AvgIpc) is 2.85. The number of aromatic carboxylic acids is 1. The Hall–Kier alpha value is -3.57. The Balaban J connectivity index is 2.13. The minimum absolute atomic E-state index is 0.193. The van der Waals surface area contributed by atoms with Crippen LogP contribution in [0, 0.1) is 0 Å². The van der Waals surface area contributed by atoms with E-state index in [9.17, 15) is 45.8 Å². The van der Waals surface area contributed by atoms with Gasteiger partial charge in [0.05, 0.1) is 22.4 Å². The van der Waals surface area contributed by atoms with E-state index in [1.54, 1.807) is 0 Å². The highest BCUT2D eigenvalue weighted by molar-refractivity contribution is 6.35. The number of hydrogen-bond acceptors (Lipinski definition) is 4. The lowest BCUT2D eigenvalue weighted by molar-refractivity contribution is -0.253. The van der Waals surface area contributed by atoms with Crippen molar-refractivity contribution < 1.29 is 50.9 Å². The first kappa shape index (κ1) is 21.1. The zero-order valence-corrected chi connectivity index (χ0v) is 14.4. The smallest absolute Gasteiger partial charge is 0.404 e. The molecular weight excluding hydrogens is 424 g/mol. The van der Waals surface area contributed by atoms with Crippen LogP contribution < -0.4 is 4.90 Å². The fraction of sp³-hybridized carbons (Fsp3) is 0.167. The lowest BCUT2D eigenvalue weighted by atomic mass is 9.96. The first-order chi connectivity index (χ1) is 13.7. The third kappa shape index (κ3) is 3.44. The number of carboxylic acids is 1. The molecule has 1 heterocycles. The standard InChI is InChI=1S/C18H9F6NO5/c19-17(20,21)13(18(22,23)24)7-2-4-12(26)11(6-7)25-14(27)9-3-1-8(16(29)30)5-10(9)15(25)28/h1-6,13,26H,(H,29,30). The molecule has 0 unspecified atom stereocenters. The number of phenols is 1. The molecule has 0 saturated heterocycles. The summed E-state index contributed by atoms with van der Waals surface area (Å²) in [6.45, 7) is 0. The summed E-state index contributed by atoms with van der Waals surface area (Å²) < 4.78 is 78.1. The molecule has 12 heteroatoms. The van der Waals surface area contributed by atoms with Gasteiger partial charge in [-0.25, -0.2) is 9.69 Å². The SMILES string of the molecule is O=C(O)c1ccc2c(c1)C(=O)N(c1cc(C(C(F)(F)F)C(F)(F)F)ccc1O)C2=O. The number of anilines is 1. The maximum Gasteiger partial charge on any atom is 0.404 e. The Labute approximate surface area is 162 Å². The molecule has 3 rings (SSSR count). The van der Waals surface area contributed by atoms with Crippen LogP contribution in [0.4, 0.5) is 32.0 Å². The molecule has 0 spiro atoms. The minimum Gasteiger partial charge on any atom is -0.506 e. The van der Waals surface area contributed by atoms with E-state index in [4.69, 9.17) is 5.11 Å². The Morgan fingerprint density at radius 1 is 0.867 bits per heavy atom. The number of aromatic hydroxyl groups is 1. The molecule has 0 saturated carbocycles. The molecule has 0 fully saturated rings. The van der Waals surface area contributed by atoms with Gasteiger partial charge in [0.15, 0.2) is 5.92 Å². The molecule has 0 bridgehead atoms. The molecule has 6 nitrogen and oxygen atoms in total. The van der Waals surface area contributed by atoms with Crippen molar-refractivity contribution in [2.45, 2.75) is 18.3 Å². The highest BCUT2D eigenvalue weighted by Crippen LogP contribution is 2.48. The van der Waals surface area contributed by atoms with Crippen molar-refractivity contribution >= 4 is 23.5 Å². The Bertz CT molecular complexity index is 1060. The van der Waals surface area contributed by atoms with Crippen molar-refractivity contribution in [2.24, 2.45) is 0 Å². The molecule has 0 radical (unpaired) electrons. The number of alkyl halides is 6. The number of carboxylic acid groups (broad SMARTS) is 1. The van der Waals surface area contributed by atoms with E-state index in [0.29, 0.717) is 12.1 Å². The quantitative estimate of drug-likeness (QED) is 0.562. The number of phenolic OH excluding ortho intramolecular Hbond substituents is 1. The fourth-order valence-electron chi connectivity index (χ4n) is 3.06. The average molecular weight is 433 g/mol. The van der Waals surface area contributed by atoms with Crippen LogP contribution in [0.25, 0.3) is 0 Å². The zero-order valence-electron chi connectivity index (χ0n) is 14.4. The van der Waals surface area contributed by atoms with Gasteiger partial charge in [0, 0.05) is 0 Å². The number of nitrogens with zero attached hydrogens (tertiary/aromatic N) is 1. The predicted molar refractivity (Wildman–Crippen MR) is 87.5 cm³/mol. The van der Waals surface area contributed by atoms with Crippen molar-refractivity contribution in [3.8, 4) is 5.75 Å². The van der Waals surface area contributed by atoms with Crippen molar-refractivity contribution in [3.63, 3.8) is 0 Å². The van der Waals surface area contributed by atoms with Gasteiger partial charge in [-0.3, -0.25) is 9.59 Å². The lowest BCUT2D eigenvalue weighted by Crippen LogP contribution is -2.34. The molecule has 30 heavy (non-hydrogen) atoms. The van der Waals surface area contributed by atoms with Crippen LogP contribution in [0.15, 0.2) is 36.4 Å². The topological polar surface area (TPSA) is 94.9 Å². The zero-order chi connectivity index (χ0) is 22.6. The molecule has 0 aliphatic carbocycles. The summed E-state index contributed by atoms with van der Waals surface area (Å²) in [5, 5.41) is 18.9. The monoisotopic (exact) mass is 433 g/mol. The maximum absolute atomic E-state index is 13.0. The first-order valence-electron chi connectivity index (χ1n) is 7.96. The lowest BCUT2D eigenvalue weighted by Gasteiger charge is -2.25. The van der Waals surface area contributed by atoms with Crippen LogP contribution in [0.5, 0.6) is 5.75 Å². The number of amides is 2. The number of halogens is 6. The van der Waals surface area contributed by atoms with Crippen LogP contribution in [0.2, 0.25) is 0 Å². The van der Waals surface area contributed by atoms with Gasteiger partial charge in [-0.15, -0.1) is 0 Å². The van der Waals surface area contributed by atoms with Crippen molar-refractivity contribution in [1.29, 1.82) is 0 Å². The molecule has 2 amide bonds. The van der Waals surface area contributed by atoms with E-state index in [1.165, 1.54) is 0 Å². The van der Waals surface area contributed by atoms with E-state index in [1.807, 2.05) is 0 Å². The summed E-state index contributed by atoms with van der Waals surface area (Å²) in [6.07, 6.45) is -11.5. The molecule has 0 atom stereocenters. The van der Waals surface area contributed by atoms with E-state index in [0.717, 1.165) is 18.2 Å². The molecule has 158 valence electrons. The van der Waals surface area contributed by atoms with Crippen molar-refractivity contribution in [1.82, 2.24) is 0 Å². The first-order valence-corrected chi connectivity index (χ1v) is 7.96. The van der Waals surface area contributed by atoms with Gasteiger partial charge in [0.2, 0.25) is 0 Å². The van der Waals surface area contributed by atoms with E-state index >= 15 is 0 Å². The fourth-order valence-corrected chi connectivity index (χ4v) is 3.06. The van der Waals surface area contributed by atoms with Gasteiger partial charge in [-0.2, -0.15) is 26.3 Å². The van der Waals surface area contributed by atoms with Crippen LogP contribution in [0.1, 0.15) is 42.6 Å². The summed E-state index contributed by atoms with van der Waals surface area (Å²) in [6, 6.07) is 3.95. The molecule has 2 aromatic rings. The highest BCUT2D eigenvalue weighted by atomic mass is 19.4. The largest absolute Gasteiger partial charge is 0.506 e. The number of benzene rings is 2. The van der Waals surface area contributed by atoms with E-state index < -0.39 is 58.6 Å². The summed E-state index contributed by atoms with van der Waals surface area (Å²) in [4.78, 5) is 36.3. The van der Waals surface area contributed by atoms with Crippen LogP contribution in [-0.4, -0.2) is 40.3 Å². The number of carbonyl (C=O) groups is 3. The van der Waals surface area contributed by atoms with Gasteiger partial charge >= 0.3 is 18.3 Å². The van der Waals surface area contributed by atoms with Gasteiger partial charge in [0.25, 0.3) is 11.8 Å². The number of hydrogen-bond donors (Lipinski definition) is 2. The summed E-state index contributed by atoms with van der Waals surface area (Å²) in [7, 11) is 0. The second-order valence-electron chi connectivity index (χ2n) is 6.28. The number of carbonyl (C=O) groups excluding carboxylic acids is 2. The van der Waals surface area contributed by atoms with Gasteiger partial charge in [-0.05, 0) is 35.9 Å². The Morgan fingerprint density at radius 2 is 1.43 bits per heavy atom. The number of imide groups is 1. The predicted octanol–water partition coefficient (Wildman–Crippen LogP) is 4.10. The normalized spacial score (nSPS) is 14.4. The number of rotatable bonds is 3. The van der Waals surface area contributed by atoms with Crippen LogP contribution >= 0.6 is 0 Å². The molecule has 1 aliphatic heterocycles. The second-order valence-corrected chi connectivity index (χ2v) is 6.28. The number of fused-ring (bicyclic) bond motifs is 1. The van der Waals surface area contributed by atoms with Gasteiger partial charge < -0.3 is 10.2 Å². The molecule has 2 N–H and O–H groups in total. The molecule has 0 aromatic heterocycles. The molecule has 2 aromatic carbocycles.